The van der Waals surface area contributed by atoms with Crippen LogP contribution in [0.25, 0.3) is 0 Å². The van der Waals surface area contributed by atoms with Crippen molar-refractivity contribution in [3.05, 3.63) is 21.9 Å². The molecular formula is C14H19NO2S. The lowest BCUT2D eigenvalue weighted by atomic mass is 10.1. The van der Waals surface area contributed by atoms with Gasteiger partial charge in [0, 0.05) is 28.8 Å². The number of esters is 1. The first-order chi connectivity index (χ1) is 8.69. The lowest BCUT2D eigenvalue weighted by Crippen LogP contribution is -2.26. The fourth-order valence-corrected chi connectivity index (χ4v) is 2.53. The fourth-order valence-electron chi connectivity index (χ4n) is 1.57. The third-order valence-corrected chi connectivity index (χ3v) is 3.77. The number of nitrogens with one attached hydrogen (secondary N) is 1. The van der Waals surface area contributed by atoms with Gasteiger partial charge in [-0.25, -0.2) is 0 Å². The van der Waals surface area contributed by atoms with Crippen molar-refractivity contribution in [3.63, 3.8) is 0 Å². The van der Waals surface area contributed by atoms with Crippen LogP contribution in [-0.2, 0) is 22.5 Å². The minimum absolute atomic E-state index is 0.199. The molecule has 98 valence electrons. The monoisotopic (exact) mass is 265 g/mol. The molecule has 0 radical (unpaired) electrons. The van der Waals surface area contributed by atoms with Gasteiger partial charge in [0.2, 0.25) is 0 Å². The molecule has 1 heterocycles. The van der Waals surface area contributed by atoms with Gasteiger partial charge in [0.1, 0.15) is 0 Å². The molecule has 0 fully saturated rings. The van der Waals surface area contributed by atoms with Gasteiger partial charge in [0.25, 0.3) is 0 Å². The predicted molar refractivity (Wildman–Crippen MR) is 74.4 cm³/mol. The number of carbonyl (C=O) groups excluding carboxylic acids is 1. The summed E-state index contributed by atoms with van der Waals surface area (Å²) in [6.07, 6.45) is 7.42. The zero-order valence-corrected chi connectivity index (χ0v) is 11.7. The Labute approximate surface area is 113 Å². The van der Waals surface area contributed by atoms with Crippen LogP contribution in [0.5, 0.6) is 0 Å². The van der Waals surface area contributed by atoms with Crippen molar-refractivity contribution in [2.45, 2.75) is 38.8 Å². The van der Waals surface area contributed by atoms with Crippen molar-refractivity contribution in [2.24, 2.45) is 0 Å². The Hall–Kier alpha value is -1.31. The molecule has 0 aromatic carbocycles. The van der Waals surface area contributed by atoms with Crippen LogP contribution in [0.15, 0.2) is 12.1 Å². The van der Waals surface area contributed by atoms with E-state index in [-0.39, 0.29) is 5.97 Å². The molecular weight excluding hydrogens is 246 g/mol. The number of hydrogen-bond donors (Lipinski definition) is 1. The van der Waals surface area contributed by atoms with Crippen molar-refractivity contribution >= 4 is 17.3 Å². The Morgan fingerprint density at radius 1 is 1.56 bits per heavy atom. The van der Waals surface area contributed by atoms with Crippen LogP contribution in [0.1, 0.15) is 29.5 Å². The molecule has 0 aliphatic rings. The van der Waals surface area contributed by atoms with Crippen molar-refractivity contribution in [1.29, 1.82) is 0 Å². The molecule has 0 aliphatic heterocycles. The van der Waals surface area contributed by atoms with Gasteiger partial charge in [-0.2, -0.15) is 0 Å². The number of thiophene rings is 1. The largest absolute Gasteiger partial charge is 0.469 e. The SMILES string of the molecule is C#CCC(CC)NCc1ccc(CC(=O)OC)s1. The van der Waals surface area contributed by atoms with Gasteiger partial charge in [-0.15, -0.1) is 23.7 Å². The molecule has 0 aliphatic carbocycles. The highest BCUT2D eigenvalue weighted by atomic mass is 32.1. The molecule has 1 rings (SSSR count). The van der Waals surface area contributed by atoms with Crippen molar-refractivity contribution in [1.82, 2.24) is 5.32 Å². The highest BCUT2D eigenvalue weighted by Gasteiger charge is 2.08. The van der Waals surface area contributed by atoms with Crippen molar-refractivity contribution in [3.8, 4) is 12.3 Å². The number of hydrogen-bond acceptors (Lipinski definition) is 4. The van der Waals surface area contributed by atoms with E-state index in [1.54, 1.807) is 11.3 Å². The summed E-state index contributed by atoms with van der Waals surface area (Å²) in [5.74, 6) is 2.47. The van der Waals surface area contributed by atoms with Crippen LogP contribution < -0.4 is 5.32 Å². The Bertz CT molecular complexity index is 420. The van der Waals surface area contributed by atoms with Crippen LogP contribution in [0, 0.1) is 12.3 Å². The minimum Gasteiger partial charge on any atom is -0.469 e. The summed E-state index contributed by atoms with van der Waals surface area (Å²) in [6.45, 7) is 2.91. The first kappa shape index (κ1) is 14.7. The molecule has 0 saturated carbocycles. The van der Waals surface area contributed by atoms with Gasteiger partial charge in [-0.05, 0) is 18.6 Å². The van der Waals surface area contributed by atoms with Gasteiger partial charge >= 0.3 is 5.97 Å². The molecule has 0 amide bonds. The van der Waals surface area contributed by atoms with Gasteiger partial charge in [-0.1, -0.05) is 6.92 Å². The normalized spacial score (nSPS) is 11.8. The molecule has 0 bridgehead atoms. The maximum absolute atomic E-state index is 11.1. The molecule has 3 nitrogen and oxygen atoms in total. The summed E-state index contributed by atoms with van der Waals surface area (Å²) in [5.41, 5.74) is 0. The average molecular weight is 265 g/mol. The summed E-state index contributed by atoms with van der Waals surface area (Å²) in [5, 5.41) is 3.42. The molecule has 1 N–H and O–H groups in total. The number of ether oxygens (including phenoxy) is 1. The van der Waals surface area contributed by atoms with E-state index in [1.165, 1.54) is 12.0 Å². The highest BCUT2D eigenvalue weighted by molar-refractivity contribution is 7.12. The first-order valence-electron chi connectivity index (χ1n) is 6.00. The molecule has 1 aromatic heterocycles. The van der Waals surface area contributed by atoms with Crippen molar-refractivity contribution < 1.29 is 9.53 Å². The third kappa shape index (κ3) is 4.91. The molecule has 18 heavy (non-hydrogen) atoms. The van der Waals surface area contributed by atoms with Crippen LogP contribution >= 0.6 is 11.3 Å². The van der Waals surface area contributed by atoms with E-state index in [2.05, 4.69) is 22.9 Å². The van der Waals surface area contributed by atoms with E-state index in [0.29, 0.717) is 12.5 Å². The smallest absolute Gasteiger partial charge is 0.310 e. The summed E-state index contributed by atoms with van der Waals surface area (Å²) in [7, 11) is 1.41. The second kappa shape index (κ2) is 7.91. The standard InChI is InChI=1S/C14H19NO2S/c1-4-6-11(5-2)15-10-13-8-7-12(18-13)9-14(16)17-3/h1,7-8,11,15H,5-6,9-10H2,2-3H3. The van der Waals surface area contributed by atoms with Crippen LogP contribution in [0.3, 0.4) is 0 Å². The lowest BCUT2D eigenvalue weighted by molar-refractivity contribution is -0.139. The Balaban J connectivity index is 2.44. The predicted octanol–water partition coefficient (Wildman–Crippen LogP) is 2.36. The van der Waals surface area contributed by atoms with E-state index in [0.717, 1.165) is 24.3 Å². The van der Waals surface area contributed by atoms with Crippen LogP contribution in [-0.4, -0.2) is 19.1 Å². The summed E-state index contributed by atoms with van der Waals surface area (Å²) in [6, 6.07) is 4.38. The average Bonchev–Trinajstić information content (AvgIpc) is 2.81. The van der Waals surface area contributed by atoms with E-state index in [9.17, 15) is 4.79 Å². The fraction of sp³-hybridized carbons (Fsp3) is 0.500. The molecule has 4 heteroatoms. The van der Waals surface area contributed by atoms with Crippen LogP contribution in [0.4, 0.5) is 0 Å². The molecule has 0 saturated heterocycles. The van der Waals surface area contributed by atoms with Gasteiger partial charge in [-0.3, -0.25) is 4.79 Å². The summed E-state index contributed by atoms with van der Waals surface area (Å²) >= 11 is 1.63. The van der Waals surface area contributed by atoms with Gasteiger partial charge in [0.15, 0.2) is 0 Å². The van der Waals surface area contributed by atoms with Crippen molar-refractivity contribution in [2.75, 3.05) is 7.11 Å². The van der Waals surface area contributed by atoms with E-state index < -0.39 is 0 Å². The Morgan fingerprint density at radius 3 is 2.89 bits per heavy atom. The summed E-state index contributed by atoms with van der Waals surface area (Å²) < 4.78 is 4.64. The molecule has 1 aromatic rings. The van der Waals surface area contributed by atoms with E-state index in [1.807, 2.05) is 12.1 Å². The highest BCUT2D eigenvalue weighted by Crippen LogP contribution is 2.17. The minimum atomic E-state index is -0.199. The van der Waals surface area contributed by atoms with E-state index >= 15 is 0 Å². The molecule has 1 atom stereocenters. The van der Waals surface area contributed by atoms with E-state index in [4.69, 9.17) is 6.42 Å². The Morgan fingerprint density at radius 2 is 2.28 bits per heavy atom. The Kier molecular flexibility index (Phi) is 6.48. The first-order valence-corrected chi connectivity index (χ1v) is 6.82. The quantitative estimate of drug-likeness (QED) is 0.607. The zero-order chi connectivity index (χ0) is 13.4. The zero-order valence-electron chi connectivity index (χ0n) is 10.9. The van der Waals surface area contributed by atoms with Gasteiger partial charge in [0.05, 0.1) is 13.5 Å². The third-order valence-electron chi connectivity index (χ3n) is 2.69. The topological polar surface area (TPSA) is 38.3 Å². The number of carbonyl (C=O) groups is 1. The maximum atomic E-state index is 11.1. The number of rotatable bonds is 7. The lowest BCUT2D eigenvalue weighted by Gasteiger charge is -2.12. The molecule has 1 unspecified atom stereocenters. The second-order valence-electron chi connectivity index (χ2n) is 4.02. The summed E-state index contributed by atoms with van der Waals surface area (Å²) in [4.78, 5) is 13.4. The van der Waals surface area contributed by atoms with Gasteiger partial charge < -0.3 is 10.1 Å². The molecule has 0 spiro atoms. The number of terminal acetylenes is 1. The van der Waals surface area contributed by atoms with Crippen LogP contribution in [0.2, 0.25) is 0 Å². The maximum Gasteiger partial charge on any atom is 0.310 e. The second-order valence-corrected chi connectivity index (χ2v) is 5.27. The number of methoxy groups -OCH3 is 1.